The first kappa shape index (κ1) is 35.7. The van der Waals surface area contributed by atoms with Crippen LogP contribution in [0, 0.1) is 0 Å². The molecule has 0 radical (unpaired) electrons. The molecule has 0 spiro atoms. The van der Waals surface area contributed by atoms with Gasteiger partial charge in [-0.3, -0.25) is 0 Å². The molecule has 0 amide bonds. The van der Waals surface area contributed by atoms with Crippen LogP contribution in [0.25, 0.3) is 88.4 Å². The lowest BCUT2D eigenvalue weighted by Crippen LogP contribution is -2.72. The highest BCUT2D eigenvalue weighted by molar-refractivity contribution is 7.22. The third-order valence-electron chi connectivity index (χ3n) is 13.6. The Bertz CT molecular complexity index is 3680. The fraction of sp³-hybridized carbons (Fsp3) is 0. The molecule has 294 valence electrons. The summed E-state index contributed by atoms with van der Waals surface area (Å²) in [5.74, 6) is 0. The van der Waals surface area contributed by atoms with Crippen LogP contribution in [0.15, 0.2) is 243 Å². The highest BCUT2D eigenvalue weighted by Gasteiger charge is 2.48. The topological polar surface area (TPSA) is 9.86 Å². The fourth-order valence-electron chi connectivity index (χ4n) is 11.0. The minimum absolute atomic E-state index is 1.15. The van der Waals surface area contributed by atoms with E-state index >= 15 is 0 Å². The standard InChI is InChI=1S/C60H40N2Si/c1-3-17-41(18-4-1)42-33-35-43(36-34-42)44-19-15-20-45(39-44)61-53-29-11-7-27-51(53)59-55(61)37-38-56-60(59)52-28-8-12-30-54(52)62(56)46-21-16-24-48(40-46)63(47-22-5-2-6-23-47)57-31-13-9-25-49(57)50-26-10-14-32-58(50)63/h1-40H. The maximum absolute atomic E-state index is 2.68. The van der Waals surface area contributed by atoms with E-state index in [4.69, 9.17) is 0 Å². The van der Waals surface area contributed by atoms with E-state index in [1.165, 1.54) is 103 Å². The first-order valence-corrected chi connectivity index (χ1v) is 23.8. The largest absolute Gasteiger partial charge is 0.309 e. The number of rotatable bonds is 6. The van der Waals surface area contributed by atoms with Gasteiger partial charge in [-0.2, -0.15) is 0 Å². The molecular formula is C60H40N2Si. The van der Waals surface area contributed by atoms with Gasteiger partial charge < -0.3 is 9.13 Å². The molecule has 0 aliphatic carbocycles. The van der Waals surface area contributed by atoms with Gasteiger partial charge in [-0.15, -0.1) is 0 Å². The van der Waals surface area contributed by atoms with Gasteiger partial charge in [0.1, 0.15) is 0 Å². The number of hydrogen-bond acceptors (Lipinski definition) is 0. The molecule has 13 rings (SSSR count). The smallest absolute Gasteiger partial charge is 0.180 e. The van der Waals surface area contributed by atoms with Crippen LogP contribution in [0.5, 0.6) is 0 Å². The van der Waals surface area contributed by atoms with Crippen LogP contribution in [0.3, 0.4) is 0 Å². The van der Waals surface area contributed by atoms with Gasteiger partial charge in [0, 0.05) is 32.9 Å². The van der Waals surface area contributed by atoms with Crippen molar-refractivity contribution >= 4 is 72.4 Å². The number of fused-ring (bicyclic) bond motifs is 10. The van der Waals surface area contributed by atoms with E-state index in [0.29, 0.717) is 0 Å². The van der Waals surface area contributed by atoms with Crippen molar-refractivity contribution in [2.45, 2.75) is 0 Å². The molecule has 2 nitrogen and oxygen atoms in total. The first-order chi connectivity index (χ1) is 31.3. The van der Waals surface area contributed by atoms with Crippen molar-refractivity contribution in [3.63, 3.8) is 0 Å². The molecule has 63 heavy (non-hydrogen) atoms. The summed E-state index contributed by atoms with van der Waals surface area (Å²) in [5.41, 5.74) is 14.7. The molecule has 0 unspecified atom stereocenters. The minimum atomic E-state index is -2.68. The summed E-state index contributed by atoms with van der Waals surface area (Å²) in [6, 6.07) is 90.3. The molecule has 3 heterocycles. The molecule has 10 aromatic carbocycles. The Hall–Kier alpha value is -7.98. The number of benzene rings is 10. The van der Waals surface area contributed by atoms with E-state index in [2.05, 4.69) is 252 Å². The van der Waals surface area contributed by atoms with Gasteiger partial charge in [0.15, 0.2) is 8.07 Å². The molecule has 3 heteroatoms. The second-order valence-electron chi connectivity index (χ2n) is 16.8. The van der Waals surface area contributed by atoms with Crippen molar-refractivity contribution in [1.29, 1.82) is 0 Å². The Labute approximate surface area is 367 Å². The number of aromatic nitrogens is 2. The van der Waals surface area contributed by atoms with E-state index in [9.17, 15) is 0 Å². The van der Waals surface area contributed by atoms with Crippen molar-refractivity contribution in [2.24, 2.45) is 0 Å². The van der Waals surface area contributed by atoms with E-state index < -0.39 is 8.07 Å². The number of nitrogens with zero attached hydrogens (tertiary/aromatic N) is 2. The molecule has 0 saturated heterocycles. The molecule has 12 aromatic rings. The summed E-state index contributed by atoms with van der Waals surface area (Å²) in [6.07, 6.45) is 0. The third-order valence-corrected chi connectivity index (χ3v) is 18.5. The second kappa shape index (κ2) is 14.0. The van der Waals surface area contributed by atoms with E-state index in [0.717, 1.165) is 5.69 Å². The van der Waals surface area contributed by atoms with Crippen LogP contribution in [-0.4, -0.2) is 17.2 Å². The molecule has 0 atom stereocenters. The maximum Gasteiger partial charge on any atom is 0.180 e. The first-order valence-electron chi connectivity index (χ1n) is 21.8. The monoisotopic (exact) mass is 816 g/mol. The van der Waals surface area contributed by atoms with Gasteiger partial charge >= 0.3 is 0 Å². The fourth-order valence-corrected chi connectivity index (χ4v) is 16.2. The average Bonchev–Trinajstić information content (AvgIpc) is 3.99. The maximum atomic E-state index is 2.51. The summed E-state index contributed by atoms with van der Waals surface area (Å²) < 4.78 is 4.97. The zero-order valence-corrected chi connectivity index (χ0v) is 35.5. The molecular weight excluding hydrogens is 777 g/mol. The predicted molar refractivity (Wildman–Crippen MR) is 269 cm³/mol. The number of hydrogen-bond donors (Lipinski definition) is 0. The third kappa shape index (κ3) is 5.24. The van der Waals surface area contributed by atoms with Crippen molar-refractivity contribution in [3.05, 3.63) is 243 Å². The van der Waals surface area contributed by atoms with Crippen LogP contribution < -0.4 is 20.7 Å². The Morgan fingerprint density at radius 3 is 1.30 bits per heavy atom. The van der Waals surface area contributed by atoms with Crippen LogP contribution in [-0.2, 0) is 0 Å². The molecule has 1 aliphatic rings. The lowest BCUT2D eigenvalue weighted by atomic mass is 10.00. The van der Waals surface area contributed by atoms with E-state index in [1.54, 1.807) is 0 Å². The summed E-state index contributed by atoms with van der Waals surface area (Å²) in [4.78, 5) is 0. The van der Waals surface area contributed by atoms with Crippen molar-refractivity contribution in [3.8, 4) is 44.8 Å². The molecule has 0 saturated carbocycles. The predicted octanol–water partition coefficient (Wildman–Crippen LogP) is 12.6. The van der Waals surface area contributed by atoms with E-state index in [1.807, 2.05) is 0 Å². The van der Waals surface area contributed by atoms with Gasteiger partial charge in [-0.05, 0) is 103 Å². The molecule has 1 aliphatic heterocycles. The van der Waals surface area contributed by atoms with E-state index in [-0.39, 0.29) is 0 Å². The van der Waals surface area contributed by atoms with Crippen LogP contribution in [0.4, 0.5) is 0 Å². The zero-order valence-electron chi connectivity index (χ0n) is 34.5. The van der Waals surface area contributed by atoms with Crippen molar-refractivity contribution in [1.82, 2.24) is 9.13 Å². The highest BCUT2D eigenvalue weighted by Crippen LogP contribution is 2.43. The van der Waals surface area contributed by atoms with Gasteiger partial charge in [-0.25, -0.2) is 0 Å². The van der Waals surface area contributed by atoms with Crippen molar-refractivity contribution in [2.75, 3.05) is 0 Å². The summed E-state index contributed by atoms with van der Waals surface area (Å²) in [7, 11) is -2.68. The summed E-state index contributed by atoms with van der Waals surface area (Å²) in [5, 5.41) is 10.8. The van der Waals surface area contributed by atoms with Gasteiger partial charge in [0.2, 0.25) is 0 Å². The lowest BCUT2D eigenvalue weighted by molar-refractivity contribution is 1.17. The average molecular weight is 817 g/mol. The normalized spacial score (nSPS) is 12.9. The molecule has 2 aromatic heterocycles. The SMILES string of the molecule is c1ccc(-c2ccc(-c3cccc(-n4c5ccccc5c5c6c7ccccc7n(-c7cccc([Si]8(c9ccccc9)c9ccccc9-c9ccccc98)c7)c6ccc54)c3)cc2)cc1. The lowest BCUT2D eigenvalue weighted by Gasteiger charge is -2.31. The molecule has 0 N–H and O–H groups in total. The zero-order chi connectivity index (χ0) is 41.5. The second-order valence-corrected chi connectivity index (χ2v) is 20.5. The van der Waals surface area contributed by atoms with Crippen LogP contribution in [0.2, 0.25) is 0 Å². The Morgan fingerprint density at radius 1 is 0.270 bits per heavy atom. The Kier molecular flexibility index (Phi) is 7.96. The van der Waals surface area contributed by atoms with Gasteiger partial charge in [-0.1, -0.05) is 194 Å². The Balaban J connectivity index is 1.02. The summed E-state index contributed by atoms with van der Waals surface area (Å²) in [6.45, 7) is 0. The van der Waals surface area contributed by atoms with Crippen LogP contribution >= 0.6 is 0 Å². The van der Waals surface area contributed by atoms with Gasteiger partial charge in [0.05, 0.1) is 22.1 Å². The molecule has 0 bridgehead atoms. The number of para-hydroxylation sites is 2. The van der Waals surface area contributed by atoms with Gasteiger partial charge in [0.25, 0.3) is 0 Å². The van der Waals surface area contributed by atoms with Crippen LogP contribution in [0.1, 0.15) is 0 Å². The quantitative estimate of drug-likeness (QED) is 0.148. The highest BCUT2D eigenvalue weighted by atomic mass is 28.3. The molecule has 0 fully saturated rings. The minimum Gasteiger partial charge on any atom is -0.309 e. The van der Waals surface area contributed by atoms with Crippen molar-refractivity contribution < 1.29 is 0 Å². The Morgan fingerprint density at radius 2 is 0.698 bits per heavy atom. The summed E-state index contributed by atoms with van der Waals surface area (Å²) >= 11 is 0.